The molecule has 0 spiro atoms. The van der Waals surface area contributed by atoms with Gasteiger partial charge in [-0.25, -0.2) is 0 Å². The number of nitrogens with zero attached hydrogens (tertiary/aromatic N) is 1. The van der Waals surface area contributed by atoms with Gasteiger partial charge in [-0.15, -0.1) is 0 Å². The van der Waals surface area contributed by atoms with Crippen LogP contribution in [-0.4, -0.2) is 24.0 Å². The maximum atomic E-state index is 4.07. The molecule has 0 bridgehead atoms. The molecule has 0 aromatic heterocycles. The van der Waals surface area contributed by atoms with Gasteiger partial charge in [-0.2, -0.15) is 0 Å². The van der Waals surface area contributed by atoms with Crippen LogP contribution in [-0.2, 0) is 0 Å². The predicted molar refractivity (Wildman–Crippen MR) is 52.1 cm³/mol. The summed E-state index contributed by atoms with van der Waals surface area (Å²) < 4.78 is 0. The van der Waals surface area contributed by atoms with Gasteiger partial charge in [0.1, 0.15) is 0 Å². The topological polar surface area (TPSA) is 3.24 Å². The van der Waals surface area contributed by atoms with E-state index in [1.807, 2.05) is 0 Å². The molecule has 0 amide bonds. The van der Waals surface area contributed by atoms with Gasteiger partial charge in [-0.1, -0.05) is 24.3 Å². The van der Waals surface area contributed by atoms with E-state index in [-0.39, 0.29) is 0 Å². The van der Waals surface area contributed by atoms with Gasteiger partial charge in [0.15, 0.2) is 0 Å². The van der Waals surface area contributed by atoms with Crippen molar-refractivity contribution in [3.05, 3.63) is 24.3 Å². The van der Waals surface area contributed by atoms with Gasteiger partial charge >= 0.3 is 0 Å². The fourth-order valence-corrected chi connectivity index (χ4v) is 2.28. The Kier molecular flexibility index (Phi) is 2.05. The molecular formula is C11H17N. The Bertz CT molecular complexity index is 195. The van der Waals surface area contributed by atoms with Crippen molar-refractivity contribution in [2.75, 3.05) is 13.1 Å². The summed E-state index contributed by atoms with van der Waals surface area (Å²) >= 11 is 0. The number of fused-ring (bicyclic) bond motifs is 1. The summed E-state index contributed by atoms with van der Waals surface area (Å²) in [5.41, 5.74) is 2.87. The lowest BCUT2D eigenvalue weighted by Gasteiger charge is -2.40. The van der Waals surface area contributed by atoms with Crippen LogP contribution in [0.2, 0.25) is 0 Å². The number of piperidine rings is 2. The molecule has 2 heterocycles. The molecule has 1 nitrogen and oxygen atoms in total. The first-order chi connectivity index (χ1) is 5.75. The third-order valence-electron chi connectivity index (χ3n) is 3.07. The molecule has 0 N–H and O–H groups in total. The monoisotopic (exact) mass is 163 g/mol. The molecular weight excluding hydrogens is 146 g/mol. The van der Waals surface area contributed by atoms with Gasteiger partial charge < -0.3 is 0 Å². The SMILES string of the molecule is C=C1CCN2CCC(=C)CC2C1. The van der Waals surface area contributed by atoms with Crippen LogP contribution in [0.4, 0.5) is 0 Å². The molecule has 0 aliphatic carbocycles. The largest absolute Gasteiger partial charge is 0.299 e. The van der Waals surface area contributed by atoms with Gasteiger partial charge in [0.05, 0.1) is 0 Å². The Hall–Kier alpha value is -0.560. The van der Waals surface area contributed by atoms with E-state index in [1.165, 1.54) is 49.9 Å². The number of rotatable bonds is 0. The zero-order valence-corrected chi connectivity index (χ0v) is 7.68. The Balaban J connectivity index is 2.03. The number of hydrogen-bond donors (Lipinski definition) is 0. The lowest BCUT2D eigenvalue weighted by Crippen LogP contribution is -2.43. The molecule has 2 saturated heterocycles. The molecule has 2 fully saturated rings. The molecule has 0 aromatic carbocycles. The average molecular weight is 163 g/mol. The third kappa shape index (κ3) is 1.46. The van der Waals surface area contributed by atoms with Crippen LogP contribution >= 0.6 is 0 Å². The molecule has 1 heteroatoms. The van der Waals surface area contributed by atoms with E-state index < -0.39 is 0 Å². The summed E-state index contributed by atoms with van der Waals surface area (Å²) in [5, 5.41) is 0. The molecule has 0 atom stereocenters. The fraction of sp³-hybridized carbons (Fsp3) is 0.636. The van der Waals surface area contributed by atoms with Crippen LogP contribution in [0.1, 0.15) is 25.7 Å². The minimum absolute atomic E-state index is 0.743. The normalized spacial score (nSPS) is 27.3. The molecule has 0 saturated carbocycles. The minimum atomic E-state index is 0.743. The van der Waals surface area contributed by atoms with Gasteiger partial charge in [0, 0.05) is 19.1 Å². The fourth-order valence-electron chi connectivity index (χ4n) is 2.28. The second-order valence-corrected chi connectivity index (χ2v) is 4.10. The van der Waals surface area contributed by atoms with E-state index in [2.05, 4.69) is 18.1 Å². The predicted octanol–water partition coefficient (Wildman–Crippen LogP) is 2.36. The van der Waals surface area contributed by atoms with Crippen molar-refractivity contribution < 1.29 is 0 Å². The smallest absolute Gasteiger partial charge is 0.0170 e. The van der Waals surface area contributed by atoms with Crippen LogP contribution in [0.5, 0.6) is 0 Å². The first kappa shape index (κ1) is 8.06. The Morgan fingerprint density at radius 3 is 2.00 bits per heavy atom. The zero-order chi connectivity index (χ0) is 8.55. The molecule has 0 unspecified atom stereocenters. The van der Waals surface area contributed by atoms with Gasteiger partial charge in [-0.3, -0.25) is 4.90 Å². The molecule has 66 valence electrons. The summed E-state index contributed by atoms with van der Waals surface area (Å²) in [6.45, 7) is 10.6. The van der Waals surface area contributed by atoms with E-state index in [1.54, 1.807) is 0 Å². The summed E-state index contributed by atoms with van der Waals surface area (Å²) in [6.07, 6.45) is 4.84. The van der Waals surface area contributed by atoms with Gasteiger partial charge in [0.25, 0.3) is 0 Å². The van der Waals surface area contributed by atoms with E-state index in [4.69, 9.17) is 0 Å². The standard InChI is InChI=1S/C11H17N/c1-9-3-5-12-6-4-10(2)8-11(12)7-9/h11H,1-8H2. The molecule has 2 aliphatic rings. The van der Waals surface area contributed by atoms with Crippen LogP contribution in [0, 0.1) is 0 Å². The van der Waals surface area contributed by atoms with E-state index in [0.29, 0.717) is 0 Å². The first-order valence-corrected chi connectivity index (χ1v) is 4.83. The molecule has 12 heavy (non-hydrogen) atoms. The van der Waals surface area contributed by atoms with Crippen LogP contribution in [0.15, 0.2) is 24.3 Å². The van der Waals surface area contributed by atoms with Crippen LogP contribution in [0.25, 0.3) is 0 Å². The van der Waals surface area contributed by atoms with Crippen LogP contribution < -0.4 is 0 Å². The van der Waals surface area contributed by atoms with Crippen LogP contribution in [0.3, 0.4) is 0 Å². The molecule has 2 aliphatic heterocycles. The van der Waals surface area contributed by atoms with Gasteiger partial charge in [-0.05, 0) is 25.7 Å². The van der Waals surface area contributed by atoms with Crippen molar-refractivity contribution in [3.63, 3.8) is 0 Å². The quantitative estimate of drug-likeness (QED) is 0.495. The highest BCUT2D eigenvalue weighted by Crippen LogP contribution is 2.29. The highest BCUT2D eigenvalue weighted by molar-refractivity contribution is 5.11. The van der Waals surface area contributed by atoms with Crippen molar-refractivity contribution in [1.29, 1.82) is 0 Å². The second-order valence-electron chi connectivity index (χ2n) is 4.10. The van der Waals surface area contributed by atoms with E-state index in [0.717, 1.165) is 6.04 Å². The average Bonchev–Trinajstić information content (AvgIpc) is 2.03. The second kappa shape index (κ2) is 3.06. The minimum Gasteiger partial charge on any atom is -0.299 e. The van der Waals surface area contributed by atoms with E-state index in [9.17, 15) is 0 Å². The molecule has 0 radical (unpaired) electrons. The molecule has 0 aromatic rings. The lowest BCUT2D eigenvalue weighted by atomic mass is 9.89. The number of hydrogen-bond acceptors (Lipinski definition) is 1. The van der Waals surface area contributed by atoms with Crippen molar-refractivity contribution >= 4 is 0 Å². The summed E-state index contributed by atoms with van der Waals surface area (Å²) in [4.78, 5) is 2.60. The van der Waals surface area contributed by atoms with Crippen molar-refractivity contribution in [1.82, 2.24) is 4.90 Å². The van der Waals surface area contributed by atoms with Gasteiger partial charge in [0.2, 0.25) is 0 Å². The first-order valence-electron chi connectivity index (χ1n) is 4.83. The third-order valence-corrected chi connectivity index (χ3v) is 3.07. The summed E-state index contributed by atoms with van der Waals surface area (Å²) in [6, 6.07) is 0.743. The summed E-state index contributed by atoms with van der Waals surface area (Å²) in [7, 11) is 0. The maximum absolute atomic E-state index is 4.07. The highest BCUT2D eigenvalue weighted by atomic mass is 15.2. The van der Waals surface area contributed by atoms with E-state index >= 15 is 0 Å². The Morgan fingerprint density at radius 1 is 1.00 bits per heavy atom. The van der Waals surface area contributed by atoms with Crippen molar-refractivity contribution in [2.24, 2.45) is 0 Å². The molecule has 2 rings (SSSR count). The highest BCUT2D eigenvalue weighted by Gasteiger charge is 2.27. The van der Waals surface area contributed by atoms with Crippen molar-refractivity contribution in [2.45, 2.75) is 31.7 Å². The Labute approximate surface area is 74.8 Å². The Morgan fingerprint density at radius 2 is 1.50 bits per heavy atom. The lowest BCUT2D eigenvalue weighted by molar-refractivity contribution is 0.154. The maximum Gasteiger partial charge on any atom is 0.0170 e. The summed E-state index contributed by atoms with van der Waals surface area (Å²) in [5.74, 6) is 0. The zero-order valence-electron chi connectivity index (χ0n) is 7.68. The van der Waals surface area contributed by atoms with Crippen molar-refractivity contribution in [3.8, 4) is 0 Å².